The number of likely N-dealkylation sites (N-methyl/N-ethyl adjacent to an activating group) is 1. The number of aryl methyl sites for hydroxylation is 2. The van der Waals surface area contributed by atoms with Crippen molar-refractivity contribution in [1.29, 1.82) is 0 Å². The Hall–Kier alpha value is -2.30. The number of rotatable bonds is 10. The van der Waals surface area contributed by atoms with Crippen molar-refractivity contribution in [2.24, 2.45) is 12.0 Å². The molecule has 8 nitrogen and oxygen atoms in total. The quantitative estimate of drug-likeness (QED) is 0.209. The molecule has 0 saturated carbocycles. The maximum absolute atomic E-state index is 12.0. The van der Waals surface area contributed by atoms with E-state index in [0.29, 0.717) is 12.5 Å². The molecule has 0 aliphatic heterocycles. The van der Waals surface area contributed by atoms with E-state index in [2.05, 4.69) is 51.7 Å². The summed E-state index contributed by atoms with van der Waals surface area (Å²) in [4.78, 5) is 20.4. The van der Waals surface area contributed by atoms with Gasteiger partial charge >= 0.3 is 0 Å². The Bertz CT molecular complexity index is 821. The maximum atomic E-state index is 12.0. The molecule has 0 aliphatic rings. The van der Waals surface area contributed by atoms with E-state index in [4.69, 9.17) is 0 Å². The molecule has 9 heteroatoms. The summed E-state index contributed by atoms with van der Waals surface area (Å²) in [5.74, 6) is 0.641. The predicted octanol–water partition coefficient (Wildman–Crippen LogP) is 2.25. The number of halogens is 1. The van der Waals surface area contributed by atoms with Crippen molar-refractivity contribution in [3.63, 3.8) is 0 Å². The summed E-state index contributed by atoms with van der Waals surface area (Å²) < 4.78 is 1.82. The highest BCUT2D eigenvalue weighted by Crippen LogP contribution is 2.11. The minimum atomic E-state index is 0. The SMILES string of the molecule is CCc1nn(C)cc1CN=C(NCCCN(C)c1ccccc1)NCC(=O)N(C)C.I. The Balaban J connectivity index is 0.00000480. The molecular weight excluding hydrogens is 505 g/mol. The third kappa shape index (κ3) is 9.16. The first-order valence-corrected chi connectivity index (χ1v) is 10.4. The molecule has 1 heterocycles. The van der Waals surface area contributed by atoms with E-state index >= 15 is 0 Å². The van der Waals surface area contributed by atoms with E-state index in [9.17, 15) is 4.79 Å². The summed E-state index contributed by atoms with van der Waals surface area (Å²) in [5.41, 5.74) is 3.35. The number of carbonyl (C=O) groups excluding carboxylic acids is 1. The van der Waals surface area contributed by atoms with Crippen molar-refractivity contribution < 1.29 is 4.79 Å². The normalized spacial score (nSPS) is 10.9. The fraction of sp³-hybridized carbons (Fsp3) is 0.500. The summed E-state index contributed by atoms with van der Waals surface area (Å²) in [6.45, 7) is 4.49. The molecule has 0 aliphatic carbocycles. The van der Waals surface area contributed by atoms with Crippen LogP contribution in [-0.2, 0) is 24.8 Å². The minimum absolute atomic E-state index is 0. The maximum Gasteiger partial charge on any atom is 0.241 e. The van der Waals surface area contributed by atoms with E-state index in [1.807, 2.05) is 36.1 Å². The Morgan fingerprint density at radius 1 is 1.16 bits per heavy atom. The van der Waals surface area contributed by atoms with Gasteiger partial charge in [0, 0.05) is 58.7 Å². The Morgan fingerprint density at radius 2 is 1.87 bits per heavy atom. The van der Waals surface area contributed by atoms with Gasteiger partial charge in [0.15, 0.2) is 5.96 Å². The lowest BCUT2D eigenvalue weighted by Gasteiger charge is -2.20. The molecular formula is C22H36IN7O. The van der Waals surface area contributed by atoms with Gasteiger partial charge in [-0.3, -0.25) is 9.48 Å². The van der Waals surface area contributed by atoms with Gasteiger partial charge in [0.1, 0.15) is 0 Å². The second-order valence-electron chi connectivity index (χ2n) is 7.47. The molecule has 1 aromatic carbocycles. The zero-order chi connectivity index (χ0) is 21.9. The Kier molecular flexibility index (Phi) is 12.0. The van der Waals surface area contributed by atoms with Gasteiger partial charge in [-0.25, -0.2) is 4.99 Å². The van der Waals surface area contributed by atoms with Crippen molar-refractivity contribution in [1.82, 2.24) is 25.3 Å². The summed E-state index contributed by atoms with van der Waals surface area (Å²) in [6.07, 6.45) is 3.81. The molecule has 1 amide bonds. The zero-order valence-electron chi connectivity index (χ0n) is 19.3. The molecule has 0 bridgehead atoms. The number of hydrogen-bond donors (Lipinski definition) is 2. The van der Waals surface area contributed by atoms with Crippen LogP contribution in [0.25, 0.3) is 0 Å². The van der Waals surface area contributed by atoms with Crippen molar-refractivity contribution in [3.05, 3.63) is 47.8 Å². The summed E-state index contributed by atoms with van der Waals surface area (Å²) in [7, 11) is 7.50. The third-order valence-electron chi connectivity index (χ3n) is 4.80. The van der Waals surface area contributed by atoms with E-state index in [0.717, 1.165) is 37.2 Å². The molecule has 2 rings (SSSR count). The number of hydrogen-bond acceptors (Lipinski definition) is 4. The van der Waals surface area contributed by atoms with Gasteiger partial charge in [-0.1, -0.05) is 25.1 Å². The highest BCUT2D eigenvalue weighted by Gasteiger charge is 2.08. The average molecular weight is 541 g/mol. The van der Waals surface area contributed by atoms with Gasteiger partial charge in [0.05, 0.1) is 18.8 Å². The highest BCUT2D eigenvalue weighted by atomic mass is 127. The van der Waals surface area contributed by atoms with Crippen LogP contribution in [0.4, 0.5) is 5.69 Å². The Morgan fingerprint density at radius 3 is 2.52 bits per heavy atom. The fourth-order valence-electron chi connectivity index (χ4n) is 3.00. The van der Waals surface area contributed by atoms with Crippen LogP contribution >= 0.6 is 24.0 Å². The van der Waals surface area contributed by atoms with Crippen molar-refractivity contribution in [2.75, 3.05) is 45.7 Å². The Labute approximate surface area is 203 Å². The molecule has 0 radical (unpaired) electrons. The van der Waals surface area contributed by atoms with Crippen LogP contribution in [0.2, 0.25) is 0 Å². The fourth-order valence-corrected chi connectivity index (χ4v) is 3.00. The van der Waals surface area contributed by atoms with Crippen LogP contribution in [0, 0.1) is 0 Å². The number of nitrogens with zero attached hydrogens (tertiary/aromatic N) is 5. The molecule has 0 saturated heterocycles. The van der Waals surface area contributed by atoms with Gasteiger partial charge in [-0.15, -0.1) is 24.0 Å². The predicted molar refractivity (Wildman–Crippen MR) is 138 cm³/mol. The number of benzene rings is 1. The van der Waals surface area contributed by atoms with Crippen LogP contribution in [0.15, 0.2) is 41.5 Å². The number of nitrogens with one attached hydrogen (secondary N) is 2. The van der Waals surface area contributed by atoms with Gasteiger partial charge < -0.3 is 20.4 Å². The second-order valence-corrected chi connectivity index (χ2v) is 7.47. The number of aliphatic imine (C=N–C) groups is 1. The smallest absolute Gasteiger partial charge is 0.241 e. The molecule has 31 heavy (non-hydrogen) atoms. The summed E-state index contributed by atoms with van der Waals surface area (Å²) >= 11 is 0. The van der Waals surface area contributed by atoms with E-state index in [1.165, 1.54) is 5.69 Å². The number of para-hydroxylation sites is 1. The molecule has 1 aromatic heterocycles. The average Bonchev–Trinajstić information content (AvgIpc) is 3.12. The molecule has 2 N–H and O–H groups in total. The van der Waals surface area contributed by atoms with Crippen molar-refractivity contribution in [2.45, 2.75) is 26.3 Å². The van der Waals surface area contributed by atoms with Crippen LogP contribution in [0.5, 0.6) is 0 Å². The number of anilines is 1. The van der Waals surface area contributed by atoms with Gasteiger partial charge in [0.25, 0.3) is 0 Å². The van der Waals surface area contributed by atoms with Crippen LogP contribution < -0.4 is 15.5 Å². The standard InChI is InChI=1S/C22H35N7O.HI/c1-6-20-18(17-29(5)26-20)15-24-22(25-16-21(30)27(2)3)23-13-10-14-28(4)19-11-8-7-9-12-19;/h7-9,11-12,17H,6,10,13-16H2,1-5H3,(H2,23,24,25);1H. The zero-order valence-corrected chi connectivity index (χ0v) is 21.6. The van der Waals surface area contributed by atoms with Crippen LogP contribution in [0.3, 0.4) is 0 Å². The monoisotopic (exact) mass is 541 g/mol. The van der Waals surface area contributed by atoms with Gasteiger partial charge in [0.2, 0.25) is 5.91 Å². The lowest BCUT2D eigenvalue weighted by Crippen LogP contribution is -2.43. The molecule has 2 aromatic rings. The number of aromatic nitrogens is 2. The third-order valence-corrected chi connectivity index (χ3v) is 4.80. The first-order chi connectivity index (χ1) is 14.4. The van der Waals surface area contributed by atoms with Gasteiger partial charge in [-0.05, 0) is 25.0 Å². The largest absolute Gasteiger partial charge is 0.375 e. The number of carbonyl (C=O) groups is 1. The lowest BCUT2D eigenvalue weighted by atomic mass is 10.2. The molecule has 0 atom stereocenters. The minimum Gasteiger partial charge on any atom is -0.375 e. The van der Waals surface area contributed by atoms with E-state index < -0.39 is 0 Å². The summed E-state index contributed by atoms with van der Waals surface area (Å²) in [6, 6.07) is 10.3. The highest BCUT2D eigenvalue weighted by molar-refractivity contribution is 14.0. The molecule has 0 unspecified atom stereocenters. The van der Waals surface area contributed by atoms with Crippen LogP contribution in [-0.4, -0.2) is 67.3 Å². The van der Waals surface area contributed by atoms with Crippen molar-refractivity contribution in [3.8, 4) is 0 Å². The molecule has 172 valence electrons. The molecule has 0 spiro atoms. The van der Waals surface area contributed by atoms with Crippen molar-refractivity contribution >= 4 is 41.5 Å². The van der Waals surface area contributed by atoms with E-state index in [1.54, 1.807) is 19.0 Å². The second kappa shape index (κ2) is 13.9. The van der Waals surface area contributed by atoms with Gasteiger partial charge in [-0.2, -0.15) is 5.10 Å². The first kappa shape index (κ1) is 26.7. The molecule has 0 fully saturated rings. The lowest BCUT2D eigenvalue weighted by molar-refractivity contribution is -0.127. The number of guanidine groups is 1. The van der Waals surface area contributed by atoms with E-state index in [-0.39, 0.29) is 36.4 Å². The first-order valence-electron chi connectivity index (χ1n) is 10.4. The summed E-state index contributed by atoms with van der Waals surface area (Å²) in [5, 5.41) is 11.0. The number of amides is 1. The van der Waals surface area contributed by atoms with Crippen LogP contribution in [0.1, 0.15) is 24.6 Å². The topological polar surface area (TPSA) is 77.8 Å².